The third-order valence-electron chi connectivity index (χ3n) is 4.88. The van der Waals surface area contributed by atoms with Gasteiger partial charge in [0.15, 0.2) is 0 Å². The molecule has 25 heavy (non-hydrogen) atoms. The van der Waals surface area contributed by atoms with Gasteiger partial charge in [-0.2, -0.15) is 4.31 Å². The van der Waals surface area contributed by atoms with Crippen LogP contribution in [0.15, 0.2) is 53.4 Å². The number of rotatable bonds is 4. The van der Waals surface area contributed by atoms with E-state index in [4.69, 9.17) is 16.3 Å². The van der Waals surface area contributed by atoms with Gasteiger partial charge in [-0.25, -0.2) is 8.42 Å². The molecule has 2 aliphatic heterocycles. The summed E-state index contributed by atoms with van der Waals surface area (Å²) in [7, 11) is -3.45. The van der Waals surface area contributed by atoms with Gasteiger partial charge in [0, 0.05) is 13.1 Å². The molecule has 0 aromatic heterocycles. The van der Waals surface area contributed by atoms with Crippen molar-refractivity contribution in [2.45, 2.75) is 4.90 Å². The van der Waals surface area contributed by atoms with Gasteiger partial charge < -0.3 is 10.1 Å². The highest BCUT2D eigenvalue weighted by Gasteiger charge is 2.41. The molecule has 0 spiro atoms. The van der Waals surface area contributed by atoms with Crippen LogP contribution in [-0.4, -0.2) is 38.9 Å². The van der Waals surface area contributed by atoms with Gasteiger partial charge in [-0.3, -0.25) is 0 Å². The molecule has 4 rings (SSSR count). The summed E-state index contributed by atoms with van der Waals surface area (Å²) in [5.41, 5.74) is 0. The Morgan fingerprint density at radius 1 is 1.00 bits per heavy atom. The van der Waals surface area contributed by atoms with E-state index in [1.54, 1.807) is 40.7 Å². The molecule has 5 nitrogen and oxygen atoms in total. The lowest BCUT2D eigenvalue weighted by Crippen LogP contribution is -2.31. The van der Waals surface area contributed by atoms with Crippen molar-refractivity contribution in [3.8, 4) is 11.5 Å². The van der Waals surface area contributed by atoms with Crippen molar-refractivity contribution in [1.82, 2.24) is 9.62 Å². The van der Waals surface area contributed by atoms with E-state index in [1.165, 1.54) is 0 Å². The predicted octanol–water partition coefficient (Wildman–Crippen LogP) is 2.97. The van der Waals surface area contributed by atoms with Crippen molar-refractivity contribution in [3.05, 3.63) is 53.6 Å². The minimum Gasteiger partial charge on any atom is -0.456 e. The summed E-state index contributed by atoms with van der Waals surface area (Å²) >= 11 is 6.08. The summed E-state index contributed by atoms with van der Waals surface area (Å²) in [6.07, 6.45) is 0. The van der Waals surface area contributed by atoms with E-state index in [0.717, 1.165) is 13.1 Å². The molecule has 2 atom stereocenters. The molecule has 2 heterocycles. The van der Waals surface area contributed by atoms with Crippen LogP contribution in [0, 0.1) is 11.8 Å². The fraction of sp³-hybridized carbons (Fsp3) is 0.333. The minimum atomic E-state index is -3.45. The van der Waals surface area contributed by atoms with E-state index in [9.17, 15) is 8.42 Å². The molecule has 2 aromatic rings. The molecule has 1 N–H and O–H groups in total. The molecule has 0 aliphatic carbocycles. The van der Waals surface area contributed by atoms with Crippen LogP contribution in [-0.2, 0) is 10.0 Å². The molecule has 0 bridgehead atoms. The lowest BCUT2D eigenvalue weighted by Gasteiger charge is -2.17. The molecule has 0 radical (unpaired) electrons. The lowest BCUT2D eigenvalue weighted by molar-refractivity contribution is 0.447. The average molecular weight is 379 g/mol. The van der Waals surface area contributed by atoms with Crippen LogP contribution in [0.1, 0.15) is 0 Å². The van der Waals surface area contributed by atoms with Crippen LogP contribution in [0.5, 0.6) is 11.5 Å². The number of benzene rings is 2. The summed E-state index contributed by atoms with van der Waals surface area (Å²) in [6.45, 7) is 3.00. The average Bonchev–Trinajstić information content (AvgIpc) is 3.20. The smallest absolute Gasteiger partial charge is 0.243 e. The van der Waals surface area contributed by atoms with Gasteiger partial charge in [0.2, 0.25) is 10.0 Å². The first-order chi connectivity index (χ1) is 12.0. The molecule has 2 saturated heterocycles. The van der Waals surface area contributed by atoms with Crippen molar-refractivity contribution < 1.29 is 13.2 Å². The second-order valence-corrected chi connectivity index (χ2v) is 8.85. The number of halogens is 1. The monoisotopic (exact) mass is 378 g/mol. The molecule has 0 saturated carbocycles. The van der Waals surface area contributed by atoms with Gasteiger partial charge in [-0.1, -0.05) is 23.7 Å². The second kappa shape index (κ2) is 6.61. The quantitative estimate of drug-likeness (QED) is 0.888. The Balaban J connectivity index is 1.51. The Morgan fingerprint density at radius 3 is 2.28 bits per heavy atom. The Bertz CT molecular complexity index is 858. The van der Waals surface area contributed by atoms with Gasteiger partial charge in [0.1, 0.15) is 11.5 Å². The first-order valence-electron chi connectivity index (χ1n) is 8.27. The number of hydrogen-bond donors (Lipinski definition) is 1. The molecule has 2 aromatic carbocycles. The summed E-state index contributed by atoms with van der Waals surface area (Å²) in [5.74, 6) is 1.95. The van der Waals surface area contributed by atoms with Crippen molar-refractivity contribution in [2.24, 2.45) is 11.8 Å². The molecule has 2 aliphatic rings. The van der Waals surface area contributed by atoms with Crippen LogP contribution in [0.4, 0.5) is 0 Å². The zero-order valence-electron chi connectivity index (χ0n) is 13.6. The van der Waals surface area contributed by atoms with Crippen LogP contribution in [0.2, 0.25) is 5.02 Å². The number of fused-ring (bicyclic) bond motifs is 1. The van der Waals surface area contributed by atoms with Crippen LogP contribution >= 0.6 is 11.6 Å². The summed E-state index contributed by atoms with van der Waals surface area (Å²) in [6, 6.07) is 13.7. The summed E-state index contributed by atoms with van der Waals surface area (Å²) in [4.78, 5) is 0.298. The van der Waals surface area contributed by atoms with E-state index in [1.807, 2.05) is 12.1 Å². The van der Waals surface area contributed by atoms with Crippen LogP contribution in [0.3, 0.4) is 0 Å². The van der Waals surface area contributed by atoms with E-state index in [-0.39, 0.29) is 0 Å². The molecule has 2 fully saturated rings. The molecular formula is C18H19ClN2O3S. The largest absolute Gasteiger partial charge is 0.456 e. The first-order valence-corrected chi connectivity index (χ1v) is 10.1. The zero-order chi connectivity index (χ0) is 17.4. The number of para-hydroxylation sites is 1. The van der Waals surface area contributed by atoms with E-state index in [2.05, 4.69) is 5.32 Å². The Labute approximate surface area is 152 Å². The number of ether oxygens (including phenoxy) is 1. The second-order valence-electron chi connectivity index (χ2n) is 6.50. The van der Waals surface area contributed by atoms with Crippen molar-refractivity contribution in [2.75, 3.05) is 26.2 Å². The molecule has 0 amide bonds. The highest BCUT2D eigenvalue weighted by atomic mass is 35.5. The Morgan fingerprint density at radius 2 is 1.64 bits per heavy atom. The first kappa shape index (κ1) is 16.8. The highest BCUT2D eigenvalue weighted by molar-refractivity contribution is 7.89. The standard InChI is InChI=1S/C18H19ClN2O3S/c19-17-3-1-2-4-18(17)24-15-5-7-16(8-6-15)25(22,23)21-11-13-9-20-10-14(13)12-21/h1-8,13-14,20H,9-12H2/t13-,14+. The normalized spacial score (nSPS) is 23.6. The van der Waals surface area contributed by atoms with Gasteiger partial charge in [0.05, 0.1) is 9.92 Å². The third-order valence-corrected chi connectivity index (χ3v) is 7.04. The van der Waals surface area contributed by atoms with Crippen LogP contribution in [0.25, 0.3) is 0 Å². The van der Waals surface area contributed by atoms with E-state index < -0.39 is 10.0 Å². The highest BCUT2D eigenvalue weighted by Crippen LogP contribution is 2.32. The molecule has 132 valence electrons. The van der Waals surface area contributed by atoms with Gasteiger partial charge in [-0.05, 0) is 61.3 Å². The van der Waals surface area contributed by atoms with E-state index >= 15 is 0 Å². The maximum atomic E-state index is 12.8. The summed E-state index contributed by atoms with van der Waals surface area (Å²) < 4.78 is 33.0. The van der Waals surface area contributed by atoms with Crippen molar-refractivity contribution >= 4 is 21.6 Å². The summed E-state index contributed by atoms with van der Waals surface area (Å²) in [5, 5.41) is 3.83. The maximum absolute atomic E-state index is 12.8. The molecule has 0 unspecified atom stereocenters. The molecular weight excluding hydrogens is 360 g/mol. The minimum absolute atomic E-state index is 0.298. The fourth-order valence-electron chi connectivity index (χ4n) is 3.49. The molecule has 7 heteroatoms. The maximum Gasteiger partial charge on any atom is 0.243 e. The topological polar surface area (TPSA) is 58.6 Å². The van der Waals surface area contributed by atoms with Crippen molar-refractivity contribution in [3.63, 3.8) is 0 Å². The van der Waals surface area contributed by atoms with Gasteiger partial charge >= 0.3 is 0 Å². The third kappa shape index (κ3) is 3.27. The number of nitrogens with one attached hydrogen (secondary N) is 1. The van der Waals surface area contributed by atoms with E-state index in [0.29, 0.717) is 46.3 Å². The predicted molar refractivity (Wildman–Crippen MR) is 96.6 cm³/mol. The van der Waals surface area contributed by atoms with Gasteiger partial charge in [-0.15, -0.1) is 0 Å². The number of sulfonamides is 1. The lowest BCUT2D eigenvalue weighted by atomic mass is 10.0. The Hall–Kier alpha value is -1.60. The van der Waals surface area contributed by atoms with Crippen LogP contribution < -0.4 is 10.1 Å². The number of nitrogens with zero attached hydrogens (tertiary/aromatic N) is 1. The fourth-order valence-corrected chi connectivity index (χ4v) is 5.22. The zero-order valence-corrected chi connectivity index (χ0v) is 15.1. The SMILES string of the molecule is O=S(=O)(c1ccc(Oc2ccccc2Cl)cc1)N1C[C@H]2CNC[C@H]2C1. The number of hydrogen-bond acceptors (Lipinski definition) is 4. The Kier molecular flexibility index (Phi) is 4.45. The van der Waals surface area contributed by atoms with Crippen molar-refractivity contribution in [1.29, 1.82) is 0 Å². The van der Waals surface area contributed by atoms with Gasteiger partial charge in [0.25, 0.3) is 0 Å².